The second-order valence-corrected chi connectivity index (χ2v) is 25.0. The highest BCUT2D eigenvalue weighted by Gasteiger charge is 2.19. The van der Waals surface area contributed by atoms with Crippen molar-refractivity contribution in [2.75, 3.05) is 249 Å². The van der Waals surface area contributed by atoms with Crippen molar-refractivity contribution in [3.05, 3.63) is 0 Å². The largest absolute Gasteiger partial charge is 0.355 e. The maximum atomic E-state index is 13.5. The average molecular weight is 1490 g/mol. The van der Waals surface area contributed by atoms with Crippen LogP contribution in [0.25, 0.3) is 0 Å². The molecular weight excluding hydrogens is 1350 g/mol. The van der Waals surface area contributed by atoms with E-state index in [4.69, 9.17) is 45.9 Å². The first kappa shape index (κ1) is 97.1. The molecule has 38 nitrogen and oxygen atoms in total. The number of nitrogens with one attached hydrogen (secondary N) is 12. The van der Waals surface area contributed by atoms with Gasteiger partial charge in [0.1, 0.15) is 0 Å². The summed E-state index contributed by atoms with van der Waals surface area (Å²) in [6.45, 7) is 12.8. The van der Waals surface area contributed by atoms with E-state index in [2.05, 4.69) is 73.6 Å². The molecule has 0 atom stereocenters. The Hall–Kier alpha value is -6.92. The van der Waals surface area contributed by atoms with Gasteiger partial charge in [0.25, 0.3) is 0 Å². The zero-order valence-corrected chi connectivity index (χ0v) is 62.4. The minimum atomic E-state index is -0.221. The van der Waals surface area contributed by atoms with Crippen LogP contribution < -0.4 is 110 Å². The zero-order chi connectivity index (χ0) is 77.1. The normalized spacial score (nSPS) is 11.2. The van der Waals surface area contributed by atoms with E-state index in [-0.39, 0.29) is 174 Å². The Kier molecular flexibility index (Phi) is 63.4. The summed E-state index contributed by atoms with van der Waals surface area (Å²) in [4.78, 5) is 165. The second kappa shape index (κ2) is 67.9. The van der Waals surface area contributed by atoms with Crippen LogP contribution in [0.2, 0.25) is 0 Å². The summed E-state index contributed by atoms with van der Waals surface area (Å²) >= 11 is 0. The molecule has 602 valence electrons. The maximum Gasteiger partial charge on any atom is 0.221 e. The van der Waals surface area contributed by atoms with E-state index in [0.717, 1.165) is 25.7 Å². The Morgan fingerprint density at radius 3 is 0.394 bits per heavy atom. The average Bonchev–Trinajstić information content (AvgIpc) is 1.15. The summed E-state index contributed by atoms with van der Waals surface area (Å²) in [7, 11) is 0. The van der Waals surface area contributed by atoms with E-state index in [1.807, 2.05) is 19.6 Å². The lowest BCUT2D eigenvalue weighted by Gasteiger charge is -2.24. The van der Waals surface area contributed by atoms with E-state index >= 15 is 0 Å². The number of nitrogens with zero attached hydrogens (tertiary/aromatic N) is 6. The molecule has 0 aliphatic rings. The van der Waals surface area contributed by atoms with Gasteiger partial charge in [-0.05, 0) is 25.9 Å². The van der Waals surface area contributed by atoms with E-state index in [9.17, 15) is 57.5 Å². The first-order valence-corrected chi connectivity index (χ1v) is 37.4. The Balaban J connectivity index is 6.39. The number of carbonyl (C=O) groups excluding carboxylic acids is 12. The van der Waals surface area contributed by atoms with Crippen LogP contribution in [-0.4, -0.2) is 349 Å². The van der Waals surface area contributed by atoms with Gasteiger partial charge >= 0.3 is 0 Å². The van der Waals surface area contributed by atoms with E-state index in [1.165, 1.54) is 0 Å². The molecule has 28 N–H and O–H groups in total. The molecule has 0 spiro atoms. The third-order valence-electron chi connectivity index (χ3n) is 16.3. The number of carbonyl (C=O) groups is 12. The topological polar surface area (TPSA) is 577 Å². The van der Waals surface area contributed by atoms with Gasteiger partial charge < -0.3 is 139 Å². The van der Waals surface area contributed by atoms with E-state index < -0.39 is 0 Å². The lowest BCUT2D eigenvalue weighted by Crippen LogP contribution is -2.41. The van der Waals surface area contributed by atoms with Gasteiger partial charge in [-0.15, -0.1) is 0 Å². The molecule has 0 radical (unpaired) electrons. The minimum absolute atomic E-state index is 0.120. The van der Waals surface area contributed by atoms with Crippen molar-refractivity contribution >= 4 is 70.9 Å². The predicted octanol–water partition coefficient (Wildman–Crippen LogP) is -9.90. The van der Waals surface area contributed by atoms with Crippen molar-refractivity contribution in [1.82, 2.24) is 93.2 Å². The van der Waals surface area contributed by atoms with Crippen molar-refractivity contribution in [3.8, 4) is 0 Å². The molecule has 0 aromatic carbocycles. The van der Waals surface area contributed by atoms with Crippen molar-refractivity contribution in [2.45, 2.75) is 103 Å². The monoisotopic (exact) mass is 1490 g/mol. The number of nitrogens with two attached hydrogens (primary N) is 8. The minimum Gasteiger partial charge on any atom is -0.355 e. The molecule has 0 heterocycles. The van der Waals surface area contributed by atoms with Gasteiger partial charge in [-0.25, -0.2) is 0 Å². The van der Waals surface area contributed by atoms with Gasteiger partial charge in [0.2, 0.25) is 70.9 Å². The fourth-order valence-electron chi connectivity index (χ4n) is 10.3. The Morgan fingerprint density at radius 2 is 0.269 bits per heavy atom. The molecule has 0 saturated carbocycles. The van der Waals surface area contributed by atoms with Crippen LogP contribution in [0.3, 0.4) is 0 Å². The van der Waals surface area contributed by atoms with Crippen molar-refractivity contribution in [1.29, 1.82) is 0 Å². The quantitative estimate of drug-likeness (QED) is 0.0251. The van der Waals surface area contributed by atoms with Gasteiger partial charge in [0.05, 0.1) is 0 Å². The predicted molar refractivity (Wildman–Crippen MR) is 401 cm³/mol. The number of rotatable bonds is 71. The van der Waals surface area contributed by atoms with Gasteiger partial charge in [-0.2, -0.15) is 0 Å². The van der Waals surface area contributed by atoms with Crippen molar-refractivity contribution in [3.63, 3.8) is 0 Å². The first-order valence-electron chi connectivity index (χ1n) is 37.4. The van der Waals surface area contributed by atoms with Crippen LogP contribution in [0.15, 0.2) is 0 Å². The van der Waals surface area contributed by atoms with Crippen LogP contribution in [0, 0.1) is 0 Å². The molecule has 0 aliphatic carbocycles. The summed E-state index contributed by atoms with van der Waals surface area (Å²) in [5.74, 6) is -2.33. The zero-order valence-electron chi connectivity index (χ0n) is 62.4. The van der Waals surface area contributed by atoms with Crippen LogP contribution in [0.5, 0.6) is 0 Å². The van der Waals surface area contributed by atoms with Crippen LogP contribution in [-0.2, 0) is 57.5 Å². The molecule has 0 unspecified atom stereocenters. The lowest BCUT2D eigenvalue weighted by atomic mass is 10.1. The van der Waals surface area contributed by atoms with Crippen molar-refractivity contribution < 1.29 is 57.5 Å². The Bertz CT molecular complexity index is 1960. The summed E-state index contributed by atoms with van der Waals surface area (Å²) in [6.07, 6.45) is 4.86. The van der Waals surface area contributed by atoms with Gasteiger partial charge in [-0.3, -0.25) is 57.5 Å². The molecule has 0 aromatic heterocycles. The molecule has 0 bridgehead atoms. The van der Waals surface area contributed by atoms with Crippen LogP contribution in [0.4, 0.5) is 0 Å². The highest BCUT2D eigenvalue weighted by atomic mass is 16.2. The molecule has 0 fully saturated rings. The molecule has 12 amide bonds. The Morgan fingerprint density at radius 1 is 0.154 bits per heavy atom. The van der Waals surface area contributed by atoms with Gasteiger partial charge in [0.15, 0.2) is 0 Å². The standard InChI is InChI=1S/C66H136N26O12/c67-17-25-75-55(93)9-43-89(44-10-56(94)76-26-18-68)51-33-83-63(101)5-39-87(40-6-64(102)84-34-52-90(45-11-57(95)77-27-19-69)46-12-58(96)78-28-20-70)37-3-1-2-4-38-88(41-7-65(103)85-35-53-91(47-13-59(97)79-29-21-71)48-14-60(98)80-30-22-72)42-8-66(104)86-36-54-92(49-15-61(99)81-31-23-73)50-16-62(100)82-32-24-74/h1-54,67-74H2,(H,75,93)(H,76,94)(H,77,95)(H,78,96)(H,79,97)(H,80,98)(H,81,99)(H,82,100)(H,83,101)(H,84,102)(H,85,103)(H,86,104). The molecule has 0 aromatic rings. The fraction of sp³-hybridized carbons (Fsp3) is 0.818. The summed E-state index contributed by atoms with van der Waals surface area (Å²) in [5, 5.41) is 33.9. The van der Waals surface area contributed by atoms with Gasteiger partial charge in [-0.1, -0.05) is 12.8 Å². The molecule has 0 saturated heterocycles. The third-order valence-corrected chi connectivity index (χ3v) is 16.3. The number of hydrogen-bond donors (Lipinski definition) is 20. The smallest absolute Gasteiger partial charge is 0.221 e. The summed E-state index contributed by atoms with van der Waals surface area (Å²) in [5.41, 5.74) is 44.4. The molecular formula is C66H136N26O12. The maximum absolute atomic E-state index is 13.5. The van der Waals surface area contributed by atoms with Crippen LogP contribution >= 0.6 is 0 Å². The molecule has 38 heteroatoms. The van der Waals surface area contributed by atoms with Crippen molar-refractivity contribution in [2.24, 2.45) is 45.9 Å². The van der Waals surface area contributed by atoms with Crippen LogP contribution in [0.1, 0.15) is 103 Å². The fourth-order valence-corrected chi connectivity index (χ4v) is 10.3. The highest BCUT2D eigenvalue weighted by molar-refractivity contribution is 5.80. The SMILES string of the molecule is NCCNC(=O)CCN(CCNC(=O)CCN(CCCCCCN(CCC(=O)NCCN(CCC(=O)NCCN)CCC(=O)NCCN)CCC(=O)NCCN(CCC(=O)NCCN)CCC(=O)NCCN)CCC(=O)NCCN(CCC(=O)NCCN)CCC(=O)NCCN)CCC(=O)NCCN. The van der Waals surface area contributed by atoms with E-state index in [1.54, 1.807) is 0 Å². The Labute approximate surface area is 616 Å². The third kappa shape index (κ3) is 60.4. The van der Waals surface area contributed by atoms with E-state index in [0.29, 0.717) is 223 Å². The number of unbranched alkanes of at least 4 members (excludes halogenated alkanes) is 3. The first-order chi connectivity index (χ1) is 50.2. The molecule has 0 rings (SSSR count). The number of hydrogen-bond acceptors (Lipinski definition) is 26. The summed E-state index contributed by atoms with van der Waals surface area (Å²) in [6, 6.07) is 0. The lowest BCUT2D eigenvalue weighted by molar-refractivity contribution is -0.123. The highest BCUT2D eigenvalue weighted by Crippen LogP contribution is 2.08. The molecule has 0 aliphatic heterocycles. The summed E-state index contributed by atoms with van der Waals surface area (Å²) < 4.78 is 0. The second-order valence-electron chi connectivity index (χ2n) is 25.0. The number of amides is 12. The molecule has 104 heavy (non-hydrogen) atoms. The van der Waals surface area contributed by atoms with Gasteiger partial charge in [0, 0.05) is 313 Å².